The molecule has 0 saturated carbocycles. The molecular formula is C13H14BrClN2O3. The Hall–Kier alpha value is -1.11. The molecule has 0 unspecified atom stereocenters. The molecule has 5 nitrogen and oxygen atoms in total. The van der Waals surface area contributed by atoms with Crippen molar-refractivity contribution in [3.8, 4) is 0 Å². The predicted octanol–water partition coefficient (Wildman–Crippen LogP) is 1.94. The van der Waals surface area contributed by atoms with Crippen LogP contribution in [0.5, 0.6) is 0 Å². The first kappa shape index (κ1) is 15.3. The van der Waals surface area contributed by atoms with Crippen molar-refractivity contribution >= 4 is 39.4 Å². The number of piperazine rings is 1. The van der Waals surface area contributed by atoms with E-state index in [9.17, 15) is 9.59 Å². The van der Waals surface area contributed by atoms with Crippen LogP contribution in [0, 0.1) is 0 Å². The lowest BCUT2D eigenvalue weighted by Gasteiger charge is -2.33. The van der Waals surface area contributed by atoms with Gasteiger partial charge in [-0.25, -0.2) is 0 Å². The van der Waals surface area contributed by atoms with Gasteiger partial charge in [0.05, 0.1) is 11.6 Å². The van der Waals surface area contributed by atoms with Crippen molar-refractivity contribution < 1.29 is 14.7 Å². The number of hydrogen-bond acceptors (Lipinski definition) is 3. The van der Waals surface area contributed by atoms with E-state index < -0.39 is 5.97 Å². The largest absolute Gasteiger partial charge is 0.480 e. The predicted molar refractivity (Wildman–Crippen MR) is 79.1 cm³/mol. The van der Waals surface area contributed by atoms with Crippen molar-refractivity contribution in [3.63, 3.8) is 0 Å². The van der Waals surface area contributed by atoms with Crippen molar-refractivity contribution in [1.29, 1.82) is 0 Å². The van der Waals surface area contributed by atoms with E-state index in [1.807, 2.05) is 4.90 Å². The third-order valence-corrected chi connectivity index (χ3v) is 4.42. The topological polar surface area (TPSA) is 60.9 Å². The van der Waals surface area contributed by atoms with Gasteiger partial charge in [0.1, 0.15) is 0 Å². The van der Waals surface area contributed by atoms with Crippen LogP contribution in [0.4, 0.5) is 0 Å². The number of rotatable bonds is 3. The first-order valence-electron chi connectivity index (χ1n) is 6.16. The molecule has 20 heavy (non-hydrogen) atoms. The van der Waals surface area contributed by atoms with Crippen LogP contribution in [-0.4, -0.2) is 59.5 Å². The molecule has 0 spiro atoms. The summed E-state index contributed by atoms with van der Waals surface area (Å²) in [7, 11) is 0. The lowest BCUT2D eigenvalue weighted by Crippen LogP contribution is -2.49. The third kappa shape index (κ3) is 3.71. The summed E-state index contributed by atoms with van der Waals surface area (Å²) in [5.41, 5.74) is 0.546. The second-order valence-electron chi connectivity index (χ2n) is 4.59. The maximum absolute atomic E-state index is 12.3. The van der Waals surface area contributed by atoms with E-state index in [2.05, 4.69) is 15.9 Å². The van der Waals surface area contributed by atoms with E-state index in [1.54, 1.807) is 23.1 Å². The number of carboxylic acid groups (broad SMARTS) is 1. The molecule has 1 N–H and O–H groups in total. The maximum Gasteiger partial charge on any atom is 0.317 e. The smallest absolute Gasteiger partial charge is 0.317 e. The Morgan fingerprint density at radius 3 is 2.45 bits per heavy atom. The minimum absolute atomic E-state index is 0.0200. The van der Waals surface area contributed by atoms with Gasteiger partial charge >= 0.3 is 5.97 Å². The molecular weight excluding hydrogens is 348 g/mol. The van der Waals surface area contributed by atoms with Gasteiger partial charge in [0.2, 0.25) is 0 Å². The Morgan fingerprint density at radius 2 is 1.90 bits per heavy atom. The Balaban J connectivity index is 1.97. The van der Waals surface area contributed by atoms with Crippen LogP contribution in [0.15, 0.2) is 22.7 Å². The minimum Gasteiger partial charge on any atom is -0.480 e. The highest BCUT2D eigenvalue weighted by molar-refractivity contribution is 9.10. The molecule has 0 radical (unpaired) electrons. The molecule has 1 heterocycles. The first-order valence-corrected chi connectivity index (χ1v) is 7.33. The van der Waals surface area contributed by atoms with E-state index in [0.717, 1.165) is 4.47 Å². The van der Waals surface area contributed by atoms with Crippen molar-refractivity contribution in [3.05, 3.63) is 33.3 Å². The maximum atomic E-state index is 12.3. The van der Waals surface area contributed by atoms with Crippen molar-refractivity contribution in [2.24, 2.45) is 0 Å². The summed E-state index contributed by atoms with van der Waals surface area (Å²) >= 11 is 9.27. The van der Waals surface area contributed by atoms with Gasteiger partial charge in [0, 0.05) is 36.2 Å². The number of aliphatic carboxylic acids is 1. The van der Waals surface area contributed by atoms with Gasteiger partial charge in [-0.2, -0.15) is 0 Å². The van der Waals surface area contributed by atoms with Gasteiger partial charge in [0.25, 0.3) is 5.91 Å². The highest BCUT2D eigenvalue weighted by Gasteiger charge is 2.23. The van der Waals surface area contributed by atoms with Crippen LogP contribution in [-0.2, 0) is 4.79 Å². The van der Waals surface area contributed by atoms with Crippen molar-refractivity contribution in [2.75, 3.05) is 32.7 Å². The van der Waals surface area contributed by atoms with Crippen LogP contribution in [0.25, 0.3) is 0 Å². The molecule has 1 amide bonds. The molecule has 7 heteroatoms. The number of hydrogen-bond donors (Lipinski definition) is 1. The number of amides is 1. The quantitative estimate of drug-likeness (QED) is 0.894. The molecule has 1 aliphatic heterocycles. The van der Waals surface area contributed by atoms with Crippen LogP contribution in [0.3, 0.4) is 0 Å². The van der Waals surface area contributed by atoms with Crippen molar-refractivity contribution in [2.45, 2.75) is 0 Å². The number of halogens is 2. The van der Waals surface area contributed by atoms with Crippen LogP contribution >= 0.6 is 27.5 Å². The summed E-state index contributed by atoms with van der Waals surface area (Å²) < 4.78 is 0.752. The van der Waals surface area contributed by atoms with Gasteiger partial charge in [-0.3, -0.25) is 14.5 Å². The Bertz CT molecular complexity index is 530. The van der Waals surface area contributed by atoms with Crippen LogP contribution in [0.2, 0.25) is 5.02 Å². The van der Waals surface area contributed by atoms with Crippen molar-refractivity contribution in [1.82, 2.24) is 9.80 Å². The molecule has 1 aromatic rings. The molecule has 0 bridgehead atoms. The number of carbonyl (C=O) groups excluding carboxylic acids is 1. The average Bonchev–Trinajstić information content (AvgIpc) is 2.41. The molecule has 108 valence electrons. The summed E-state index contributed by atoms with van der Waals surface area (Å²) in [5.74, 6) is -0.918. The lowest BCUT2D eigenvalue weighted by atomic mass is 10.2. The highest BCUT2D eigenvalue weighted by atomic mass is 79.9. The number of benzene rings is 1. The zero-order chi connectivity index (χ0) is 14.7. The fraction of sp³-hybridized carbons (Fsp3) is 0.385. The minimum atomic E-state index is -0.843. The summed E-state index contributed by atoms with van der Waals surface area (Å²) in [6.07, 6.45) is 0. The second-order valence-corrected chi connectivity index (χ2v) is 5.85. The fourth-order valence-electron chi connectivity index (χ4n) is 2.11. The zero-order valence-corrected chi connectivity index (χ0v) is 13.0. The van der Waals surface area contributed by atoms with Gasteiger partial charge in [-0.1, -0.05) is 11.6 Å². The fourth-order valence-corrected chi connectivity index (χ4v) is 2.54. The van der Waals surface area contributed by atoms with E-state index >= 15 is 0 Å². The van der Waals surface area contributed by atoms with Gasteiger partial charge < -0.3 is 10.0 Å². The first-order chi connectivity index (χ1) is 9.47. The van der Waals surface area contributed by atoms with Gasteiger partial charge in [-0.15, -0.1) is 0 Å². The summed E-state index contributed by atoms with van der Waals surface area (Å²) in [6, 6.07) is 5.11. The molecule has 1 aromatic carbocycles. The molecule has 1 saturated heterocycles. The van der Waals surface area contributed by atoms with Gasteiger partial charge in [0.15, 0.2) is 0 Å². The summed E-state index contributed by atoms with van der Waals surface area (Å²) in [6.45, 7) is 2.22. The normalized spacial score (nSPS) is 16.2. The number of carbonyl (C=O) groups is 2. The standard InChI is InChI=1S/C13H14BrClN2O3/c14-10-2-1-9(7-11(10)15)13(20)17-5-3-16(4-6-17)8-12(18)19/h1-2,7H,3-6,8H2,(H,18,19). The molecule has 0 aliphatic carbocycles. The summed E-state index contributed by atoms with van der Waals surface area (Å²) in [4.78, 5) is 26.5. The van der Waals surface area contributed by atoms with Crippen LogP contribution < -0.4 is 0 Å². The SMILES string of the molecule is O=C(O)CN1CCN(C(=O)c2ccc(Br)c(Cl)c2)CC1. The van der Waals surface area contributed by atoms with Crippen LogP contribution in [0.1, 0.15) is 10.4 Å². The van der Waals surface area contributed by atoms with E-state index in [1.165, 1.54) is 0 Å². The Kier molecular flexibility index (Phi) is 5.01. The Labute approximate surface area is 130 Å². The van der Waals surface area contributed by atoms with Gasteiger partial charge in [-0.05, 0) is 34.1 Å². The monoisotopic (exact) mass is 360 g/mol. The number of nitrogens with zero attached hydrogens (tertiary/aromatic N) is 2. The molecule has 0 aromatic heterocycles. The third-order valence-electron chi connectivity index (χ3n) is 3.18. The second kappa shape index (κ2) is 6.56. The molecule has 1 fully saturated rings. The average molecular weight is 362 g/mol. The van der Waals surface area contributed by atoms with E-state index in [0.29, 0.717) is 36.8 Å². The van der Waals surface area contributed by atoms with E-state index in [4.69, 9.17) is 16.7 Å². The molecule has 0 atom stereocenters. The lowest BCUT2D eigenvalue weighted by molar-refractivity contribution is -0.138. The summed E-state index contributed by atoms with van der Waals surface area (Å²) in [5, 5.41) is 9.23. The molecule has 1 aliphatic rings. The molecule has 2 rings (SSSR count). The van der Waals surface area contributed by atoms with E-state index in [-0.39, 0.29) is 12.5 Å². The Morgan fingerprint density at radius 1 is 1.25 bits per heavy atom. The zero-order valence-electron chi connectivity index (χ0n) is 10.7. The highest BCUT2D eigenvalue weighted by Crippen LogP contribution is 2.24. The number of carboxylic acids is 1.